The van der Waals surface area contributed by atoms with Crippen molar-refractivity contribution in [3.8, 4) is 0 Å². The molecule has 1 aliphatic heterocycles. The number of rotatable bonds is 10. The Hall–Kier alpha value is -1.49. The Morgan fingerprint density at radius 3 is 2.10 bits per heavy atom. The molecule has 1 aromatic rings. The monoisotopic (exact) mass is 445 g/mol. The van der Waals surface area contributed by atoms with Crippen LogP contribution in [0.3, 0.4) is 0 Å². The highest BCUT2D eigenvalue weighted by atomic mass is 32.2. The van der Waals surface area contributed by atoms with Crippen molar-refractivity contribution in [3.63, 3.8) is 0 Å². The van der Waals surface area contributed by atoms with E-state index in [2.05, 4.69) is 0 Å². The maximum absolute atomic E-state index is 12.5. The van der Waals surface area contributed by atoms with E-state index in [4.69, 9.17) is 0 Å². The highest BCUT2D eigenvalue weighted by molar-refractivity contribution is 7.92. The van der Waals surface area contributed by atoms with Crippen molar-refractivity contribution < 1.29 is 21.6 Å². The summed E-state index contributed by atoms with van der Waals surface area (Å²) in [5, 5.41) is 0. The van der Waals surface area contributed by atoms with Gasteiger partial charge in [0.25, 0.3) is 10.2 Å². The minimum absolute atomic E-state index is 0.0378. The number of sulfone groups is 1. The van der Waals surface area contributed by atoms with Gasteiger partial charge in [-0.25, -0.2) is 8.42 Å². The summed E-state index contributed by atoms with van der Waals surface area (Å²) in [5.74, 6) is -1.02. The number of piperazine rings is 1. The molecule has 2 rings (SSSR count). The number of benzene rings is 1. The molecule has 1 saturated heterocycles. The second-order valence-corrected chi connectivity index (χ2v) is 11.2. The van der Waals surface area contributed by atoms with E-state index in [0.29, 0.717) is 25.9 Å². The fraction of sp³-hybridized carbons (Fsp3) is 0.632. The average Bonchev–Trinajstić information content (AvgIpc) is 2.69. The molecule has 0 radical (unpaired) electrons. The number of aryl methyl sites for hydroxylation is 1. The molecule has 29 heavy (non-hydrogen) atoms. The number of carbonyl (C=O) groups excluding carboxylic acids is 1. The maximum atomic E-state index is 12.5. The third-order valence-electron chi connectivity index (χ3n) is 5.06. The molecule has 1 amide bonds. The van der Waals surface area contributed by atoms with Crippen molar-refractivity contribution in [1.82, 2.24) is 13.5 Å². The summed E-state index contributed by atoms with van der Waals surface area (Å²) < 4.78 is 52.4. The van der Waals surface area contributed by atoms with Crippen molar-refractivity contribution in [2.24, 2.45) is 0 Å². The highest BCUT2D eigenvalue weighted by Gasteiger charge is 2.32. The second-order valence-electron chi connectivity index (χ2n) is 7.05. The number of nitrogens with zero attached hydrogens (tertiary/aromatic N) is 3. The average molecular weight is 446 g/mol. The molecule has 0 bridgehead atoms. The van der Waals surface area contributed by atoms with Gasteiger partial charge in [0.1, 0.15) is 5.75 Å². The van der Waals surface area contributed by atoms with Gasteiger partial charge in [-0.05, 0) is 18.4 Å². The van der Waals surface area contributed by atoms with Crippen molar-refractivity contribution in [2.75, 3.05) is 50.8 Å². The van der Waals surface area contributed by atoms with Crippen LogP contribution in [0.2, 0.25) is 0 Å². The highest BCUT2D eigenvalue weighted by Crippen LogP contribution is 2.13. The third kappa shape index (κ3) is 6.77. The first-order valence-corrected chi connectivity index (χ1v) is 13.2. The summed E-state index contributed by atoms with van der Waals surface area (Å²) in [6, 6.07) is 9.62. The number of hydrogen-bond donors (Lipinski definition) is 0. The summed E-state index contributed by atoms with van der Waals surface area (Å²) in [5.41, 5.74) is 1.07. The largest absolute Gasteiger partial charge is 0.339 e. The first-order valence-electron chi connectivity index (χ1n) is 9.97. The molecule has 0 saturated carbocycles. The van der Waals surface area contributed by atoms with Crippen LogP contribution in [0.5, 0.6) is 0 Å². The molecule has 0 N–H and O–H groups in total. The lowest BCUT2D eigenvalue weighted by molar-refractivity contribution is -0.129. The van der Waals surface area contributed by atoms with E-state index in [1.54, 1.807) is 13.8 Å². The van der Waals surface area contributed by atoms with Crippen LogP contribution in [0, 0.1) is 0 Å². The molecule has 1 fully saturated rings. The number of amides is 1. The lowest BCUT2D eigenvalue weighted by atomic mass is 10.1. The van der Waals surface area contributed by atoms with E-state index in [9.17, 15) is 21.6 Å². The Bertz CT molecular complexity index is 860. The van der Waals surface area contributed by atoms with Gasteiger partial charge in [-0.2, -0.15) is 17.0 Å². The molecular formula is C19H31N3O5S2. The molecule has 164 valence electrons. The Labute approximate surface area is 174 Å². The SMILES string of the molecule is CCN(CC)S(=O)(=O)N1CCN(C(=O)CS(=O)(=O)CCCc2ccccc2)CC1. The van der Waals surface area contributed by atoms with E-state index >= 15 is 0 Å². The van der Waals surface area contributed by atoms with E-state index in [1.807, 2.05) is 30.3 Å². The molecule has 0 spiro atoms. The van der Waals surface area contributed by atoms with Crippen molar-refractivity contribution in [3.05, 3.63) is 35.9 Å². The fourth-order valence-corrected chi connectivity index (χ4v) is 6.27. The molecule has 10 heteroatoms. The van der Waals surface area contributed by atoms with E-state index < -0.39 is 31.7 Å². The van der Waals surface area contributed by atoms with Crippen LogP contribution in [-0.4, -0.2) is 87.0 Å². The molecule has 0 aromatic heterocycles. The standard InChI is InChI=1S/C19H31N3O5S2/c1-3-21(4-2)29(26,27)22-14-12-20(13-15-22)19(23)17-28(24,25)16-8-11-18-9-6-5-7-10-18/h5-7,9-10H,3-4,8,11-17H2,1-2H3. The Balaban J connectivity index is 1.82. The number of hydrogen-bond acceptors (Lipinski definition) is 5. The fourth-order valence-electron chi connectivity index (χ4n) is 3.37. The zero-order valence-corrected chi connectivity index (χ0v) is 18.8. The molecule has 0 aliphatic carbocycles. The quantitative estimate of drug-likeness (QED) is 0.530. The molecular weight excluding hydrogens is 414 g/mol. The summed E-state index contributed by atoms with van der Waals surface area (Å²) >= 11 is 0. The maximum Gasteiger partial charge on any atom is 0.282 e. The Morgan fingerprint density at radius 1 is 0.966 bits per heavy atom. The summed E-state index contributed by atoms with van der Waals surface area (Å²) in [7, 11) is -7.03. The first-order chi connectivity index (χ1) is 13.7. The van der Waals surface area contributed by atoms with Gasteiger partial charge in [-0.1, -0.05) is 44.2 Å². The van der Waals surface area contributed by atoms with Crippen LogP contribution in [-0.2, 0) is 31.3 Å². The normalized spacial score (nSPS) is 16.3. The molecule has 8 nitrogen and oxygen atoms in total. The predicted molar refractivity (Wildman–Crippen MR) is 113 cm³/mol. The van der Waals surface area contributed by atoms with Crippen LogP contribution in [0.4, 0.5) is 0 Å². The van der Waals surface area contributed by atoms with E-state index in [1.165, 1.54) is 13.5 Å². The predicted octanol–water partition coefficient (Wildman–Crippen LogP) is 0.765. The minimum atomic E-state index is -3.54. The van der Waals surface area contributed by atoms with Crippen LogP contribution >= 0.6 is 0 Å². The van der Waals surface area contributed by atoms with Crippen LogP contribution in [0.15, 0.2) is 30.3 Å². The zero-order valence-electron chi connectivity index (χ0n) is 17.2. The summed E-state index contributed by atoms with van der Waals surface area (Å²) in [6.45, 7) is 5.11. The minimum Gasteiger partial charge on any atom is -0.339 e. The summed E-state index contributed by atoms with van der Waals surface area (Å²) in [4.78, 5) is 13.9. The van der Waals surface area contributed by atoms with Gasteiger partial charge in [-0.15, -0.1) is 0 Å². The third-order valence-corrected chi connectivity index (χ3v) is 8.84. The Kier molecular flexibility index (Phi) is 8.62. The van der Waals surface area contributed by atoms with Gasteiger partial charge >= 0.3 is 0 Å². The van der Waals surface area contributed by atoms with Gasteiger partial charge < -0.3 is 4.90 Å². The molecule has 1 heterocycles. The lowest BCUT2D eigenvalue weighted by Gasteiger charge is -2.36. The summed E-state index contributed by atoms with van der Waals surface area (Å²) in [6.07, 6.45) is 1.12. The van der Waals surface area contributed by atoms with Crippen molar-refractivity contribution in [2.45, 2.75) is 26.7 Å². The molecule has 0 unspecified atom stereocenters. The zero-order chi connectivity index (χ0) is 21.5. The van der Waals surface area contributed by atoms with E-state index in [0.717, 1.165) is 5.56 Å². The molecule has 1 aliphatic rings. The molecule has 0 atom stereocenters. The second kappa shape index (κ2) is 10.5. The van der Waals surface area contributed by atoms with Gasteiger partial charge in [0.15, 0.2) is 9.84 Å². The van der Waals surface area contributed by atoms with Gasteiger partial charge in [0.05, 0.1) is 5.75 Å². The van der Waals surface area contributed by atoms with Crippen molar-refractivity contribution >= 4 is 26.0 Å². The van der Waals surface area contributed by atoms with Gasteiger partial charge in [0, 0.05) is 39.3 Å². The lowest BCUT2D eigenvalue weighted by Crippen LogP contribution is -2.54. The topological polar surface area (TPSA) is 95.1 Å². The smallest absolute Gasteiger partial charge is 0.282 e. The van der Waals surface area contributed by atoms with Gasteiger partial charge in [0.2, 0.25) is 5.91 Å². The molecule has 1 aromatic carbocycles. The van der Waals surface area contributed by atoms with E-state index in [-0.39, 0.29) is 31.9 Å². The van der Waals surface area contributed by atoms with Gasteiger partial charge in [-0.3, -0.25) is 4.79 Å². The first kappa shape index (κ1) is 23.8. The van der Waals surface area contributed by atoms with Crippen LogP contribution in [0.25, 0.3) is 0 Å². The van der Waals surface area contributed by atoms with Crippen LogP contribution < -0.4 is 0 Å². The number of carbonyl (C=O) groups is 1. The van der Waals surface area contributed by atoms with Crippen molar-refractivity contribution in [1.29, 1.82) is 0 Å². The Morgan fingerprint density at radius 2 is 1.55 bits per heavy atom. The van der Waals surface area contributed by atoms with Crippen LogP contribution in [0.1, 0.15) is 25.8 Å².